The quantitative estimate of drug-likeness (QED) is 0.361. The molecule has 1 atom stereocenters. The number of carbonyl (C=O) groups is 1. The molecular weight excluding hydrogens is 514 g/mol. The Hall–Kier alpha value is -4.55. The van der Waals surface area contributed by atoms with Crippen molar-refractivity contribution in [1.29, 1.82) is 0 Å². The molecule has 0 saturated carbocycles. The van der Waals surface area contributed by atoms with Gasteiger partial charge in [-0.3, -0.25) is 4.79 Å². The molecule has 3 aromatic rings. The van der Waals surface area contributed by atoms with E-state index in [9.17, 15) is 9.90 Å². The highest BCUT2D eigenvalue weighted by atomic mass is 16.5. The molecule has 210 valence electrons. The first-order chi connectivity index (χ1) is 19.4. The number of aliphatic hydroxyl groups excluding tert-OH is 1. The van der Waals surface area contributed by atoms with E-state index < -0.39 is 6.35 Å². The smallest absolute Gasteiger partial charge is 0.247 e. The number of ether oxygens (including phenoxy) is 3. The van der Waals surface area contributed by atoms with Crippen molar-refractivity contribution in [2.45, 2.75) is 12.9 Å². The molecule has 5 rings (SSSR count). The summed E-state index contributed by atoms with van der Waals surface area (Å²) in [5, 5.41) is 17.3. The SMILES string of the molecule is C=CC(=O)Nc1cc(N2CCOCC2)ccc1Nc1ncc2c(n1)N(C)C(O)N(c1cc(OC)cc(OC)c1)C2. The van der Waals surface area contributed by atoms with Crippen molar-refractivity contribution in [3.63, 3.8) is 0 Å². The molecule has 1 unspecified atom stereocenters. The van der Waals surface area contributed by atoms with E-state index in [1.165, 1.54) is 6.08 Å². The number of rotatable bonds is 8. The maximum absolute atomic E-state index is 12.2. The van der Waals surface area contributed by atoms with E-state index in [1.807, 2.05) is 30.3 Å². The molecule has 0 aliphatic carbocycles. The van der Waals surface area contributed by atoms with Gasteiger partial charge in [0.2, 0.25) is 18.2 Å². The molecule has 3 N–H and O–H groups in total. The van der Waals surface area contributed by atoms with Gasteiger partial charge in [-0.2, -0.15) is 4.98 Å². The number of amides is 1. The van der Waals surface area contributed by atoms with E-state index in [2.05, 4.69) is 27.1 Å². The highest BCUT2D eigenvalue weighted by molar-refractivity contribution is 6.02. The Labute approximate surface area is 232 Å². The summed E-state index contributed by atoms with van der Waals surface area (Å²) in [6.45, 7) is 6.77. The van der Waals surface area contributed by atoms with Gasteiger partial charge in [0, 0.05) is 61.5 Å². The maximum atomic E-state index is 12.2. The van der Waals surface area contributed by atoms with Gasteiger partial charge in [0.25, 0.3) is 0 Å². The van der Waals surface area contributed by atoms with Gasteiger partial charge in [-0.1, -0.05) is 6.58 Å². The summed E-state index contributed by atoms with van der Waals surface area (Å²) in [4.78, 5) is 27.1. The Balaban J connectivity index is 1.41. The number of morpholine rings is 1. The van der Waals surface area contributed by atoms with E-state index in [4.69, 9.17) is 19.2 Å². The third kappa shape index (κ3) is 5.58. The standard InChI is InChI=1S/C28H33N7O5/c1-5-25(36)30-24-14-19(34-8-10-40-11-9-34)6-7-23(24)31-27-29-16-18-17-35(28(37)33(2)26(18)32-27)20-12-21(38-3)15-22(13-20)39-4/h5-7,12-16,28,37H,1,8-11,17H2,2-4H3,(H,30,36)(H,29,31,32). The number of nitrogens with one attached hydrogen (secondary N) is 2. The Bertz CT molecular complexity index is 1370. The van der Waals surface area contributed by atoms with Crippen LogP contribution in [0, 0.1) is 0 Å². The lowest BCUT2D eigenvalue weighted by molar-refractivity contribution is -0.111. The molecule has 40 heavy (non-hydrogen) atoms. The number of nitrogens with zero attached hydrogens (tertiary/aromatic N) is 5. The number of methoxy groups -OCH3 is 2. The van der Waals surface area contributed by atoms with Crippen LogP contribution in [-0.2, 0) is 16.1 Å². The van der Waals surface area contributed by atoms with Crippen LogP contribution in [0.1, 0.15) is 5.56 Å². The van der Waals surface area contributed by atoms with Crippen molar-refractivity contribution < 1.29 is 24.1 Å². The van der Waals surface area contributed by atoms with E-state index in [-0.39, 0.29) is 5.91 Å². The second kappa shape index (κ2) is 11.7. The van der Waals surface area contributed by atoms with Crippen molar-refractivity contribution in [3.05, 3.63) is 60.8 Å². The van der Waals surface area contributed by atoms with Crippen molar-refractivity contribution in [3.8, 4) is 11.5 Å². The predicted octanol–water partition coefficient (Wildman–Crippen LogP) is 2.93. The number of carbonyl (C=O) groups excluding carboxylic acids is 1. The first-order valence-corrected chi connectivity index (χ1v) is 12.8. The third-order valence-electron chi connectivity index (χ3n) is 6.88. The van der Waals surface area contributed by atoms with Gasteiger partial charge in [0.1, 0.15) is 17.3 Å². The Morgan fingerprint density at radius 3 is 2.50 bits per heavy atom. The van der Waals surface area contributed by atoms with Crippen molar-refractivity contribution in [1.82, 2.24) is 9.97 Å². The summed E-state index contributed by atoms with van der Waals surface area (Å²) in [5.74, 6) is 1.81. The average molecular weight is 548 g/mol. The molecule has 0 spiro atoms. The number of anilines is 6. The van der Waals surface area contributed by atoms with E-state index in [0.29, 0.717) is 54.4 Å². The topological polar surface area (TPSA) is 125 Å². The highest BCUT2D eigenvalue weighted by Crippen LogP contribution is 2.36. The summed E-state index contributed by atoms with van der Waals surface area (Å²) >= 11 is 0. The molecule has 12 nitrogen and oxygen atoms in total. The minimum Gasteiger partial charge on any atom is -0.497 e. The number of fused-ring (bicyclic) bond motifs is 1. The molecule has 12 heteroatoms. The molecule has 1 saturated heterocycles. The Morgan fingerprint density at radius 2 is 1.82 bits per heavy atom. The molecule has 2 aromatic carbocycles. The highest BCUT2D eigenvalue weighted by Gasteiger charge is 2.31. The monoisotopic (exact) mass is 547 g/mol. The molecule has 3 heterocycles. The van der Waals surface area contributed by atoms with Crippen LogP contribution in [-0.4, -0.2) is 74.9 Å². The lowest BCUT2D eigenvalue weighted by atomic mass is 10.1. The van der Waals surface area contributed by atoms with E-state index in [0.717, 1.165) is 30.0 Å². The average Bonchev–Trinajstić information content (AvgIpc) is 3.00. The number of hydrogen-bond donors (Lipinski definition) is 3. The minimum absolute atomic E-state index is 0.322. The number of aliphatic hydroxyl groups is 1. The zero-order chi connectivity index (χ0) is 28.2. The van der Waals surface area contributed by atoms with Crippen LogP contribution in [0.4, 0.5) is 34.5 Å². The largest absolute Gasteiger partial charge is 0.497 e. The maximum Gasteiger partial charge on any atom is 0.247 e. The van der Waals surface area contributed by atoms with Gasteiger partial charge < -0.3 is 44.7 Å². The number of benzene rings is 2. The van der Waals surface area contributed by atoms with Crippen molar-refractivity contribution in [2.75, 3.05) is 72.9 Å². The van der Waals surface area contributed by atoms with Crippen molar-refractivity contribution >= 4 is 40.4 Å². The fourth-order valence-electron chi connectivity index (χ4n) is 4.71. The van der Waals surface area contributed by atoms with Gasteiger partial charge in [-0.15, -0.1) is 0 Å². The van der Waals surface area contributed by atoms with E-state index in [1.54, 1.807) is 43.3 Å². The molecule has 1 fully saturated rings. The molecule has 0 bridgehead atoms. The van der Waals surface area contributed by atoms with Crippen LogP contribution in [0.2, 0.25) is 0 Å². The van der Waals surface area contributed by atoms with Crippen molar-refractivity contribution in [2.24, 2.45) is 0 Å². The summed E-state index contributed by atoms with van der Waals surface area (Å²) < 4.78 is 16.3. The van der Waals surface area contributed by atoms with E-state index >= 15 is 0 Å². The van der Waals surface area contributed by atoms with Gasteiger partial charge in [0.15, 0.2) is 0 Å². The molecule has 2 aliphatic rings. The van der Waals surface area contributed by atoms with Crippen LogP contribution in [0.25, 0.3) is 0 Å². The zero-order valence-electron chi connectivity index (χ0n) is 22.8. The second-order valence-electron chi connectivity index (χ2n) is 9.35. The second-order valence-corrected chi connectivity index (χ2v) is 9.35. The lowest BCUT2D eigenvalue weighted by Gasteiger charge is -2.41. The van der Waals surface area contributed by atoms with Crippen LogP contribution < -0.4 is 34.8 Å². The first-order valence-electron chi connectivity index (χ1n) is 12.8. The fraction of sp³-hybridized carbons (Fsp3) is 0.321. The van der Waals surface area contributed by atoms with Gasteiger partial charge in [-0.05, 0) is 24.3 Å². The fourth-order valence-corrected chi connectivity index (χ4v) is 4.71. The predicted molar refractivity (Wildman–Crippen MR) is 154 cm³/mol. The minimum atomic E-state index is -0.998. The third-order valence-corrected chi connectivity index (χ3v) is 6.88. The summed E-state index contributed by atoms with van der Waals surface area (Å²) in [5.41, 5.74) is 3.71. The first kappa shape index (κ1) is 27.0. The lowest BCUT2D eigenvalue weighted by Crippen LogP contribution is -2.51. The molecule has 1 aromatic heterocycles. The summed E-state index contributed by atoms with van der Waals surface area (Å²) in [7, 11) is 4.93. The van der Waals surface area contributed by atoms with Crippen LogP contribution in [0.5, 0.6) is 11.5 Å². The van der Waals surface area contributed by atoms with Gasteiger partial charge in [0.05, 0.1) is 45.4 Å². The summed E-state index contributed by atoms with van der Waals surface area (Å²) in [6.07, 6.45) is 1.95. The summed E-state index contributed by atoms with van der Waals surface area (Å²) in [6, 6.07) is 11.2. The van der Waals surface area contributed by atoms with Crippen LogP contribution in [0.15, 0.2) is 55.3 Å². The Kier molecular flexibility index (Phi) is 7.89. The van der Waals surface area contributed by atoms with Gasteiger partial charge >= 0.3 is 0 Å². The number of hydrogen-bond acceptors (Lipinski definition) is 11. The van der Waals surface area contributed by atoms with Crippen LogP contribution >= 0.6 is 0 Å². The molecule has 0 radical (unpaired) electrons. The van der Waals surface area contributed by atoms with Crippen LogP contribution in [0.3, 0.4) is 0 Å². The zero-order valence-corrected chi connectivity index (χ0v) is 22.8. The Morgan fingerprint density at radius 1 is 1.10 bits per heavy atom. The number of aromatic nitrogens is 2. The molecular formula is C28H33N7O5. The normalized spacial score (nSPS) is 16.7. The molecule has 1 amide bonds. The molecule has 2 aliphatic heterocycles. The van der Waals surface area contributed by atoms with Gasteiger partial charge in [-0.25, -0.2) is 4.98 Å².